The van der Waals surface area contributed by atoms with Gasteiger partial charge in [-0.3, -0.25) is 0 Å². The molecule has 1 aromatic rings. The Labute approximate surface area is 174 Å². The molecular formula is C20H23Cl2NO5. The summed E-state index contributed by atoms with van der Waals surface area (Å²) in [6.45, 7) is 7.18. The van der Waals surface area contributed by atoms with Gasteiger partial charge in [0, 0.05) is 11.4 Å². The van der Waals surface area contributed by atoms with E-state index in [4.69, 9.17) is 37.4 Å². The minimum absolute atomic E-state index is 0.125. The van der Waals surface area contributed by atoms with Gasteiger partial charge in [-0.05, 0) is 45.4 Å². The number of nitrogens with one attached hydrogen (secondary N) is 1. The molecule has 1 N–H and O–H groups in total. The maximum Gasteiger partial charge on any atom is 0.336 e. The van der Waals surface area contributed by atoms with Crippen molar-refractivity contribution in [3.05, 3.63) is 50.3 Å². The van der Waals surface area contributed by atoms with E-state index in [2.05, 4.69) is 5.32 Å². The zero-order valence-electron chi connectivity index (χ0n) is 16.6. The lowest BCUT2D eigenvalue weighted by atomic mass is 9.80. The van der Waals surface area contributed by atoms with Crippen LogP contribution in [0.2, 0.25) is 10.0 Å². The van der Waals surface area contributed by atoms with Crippen LogP contribution in [0.3, 0.4) is 0 Å². The second-order valence-corrected chi connectivity index (χ2v) is 7.41. The highest BCUT2D eigenvalue weighted by Gasteiger charge is 2.38. The number of dihydropyridines is 1. The van der Waals surface area contributed by atoms with E-state index in [0.29, 0.717) is 22.7 Å². The van der Waals surface area contributed by atoms with E-state index in [1.54, 1.807) is 26.0 Å². The van der Waals surface area contributed by atoms with E-state index in [1.165, 1.54) is 14.2 Å². The molecule has 0 unspecified atom stereocenters. The van der Waals surface area contributed by atoms with Gasteiger partial charge in [0.2, 0.25) is 0 Å². The van der Waals surface area contributed by atoms with Gasteiger partial charge in [0.15, 0.2) is 5.75 Å². The molecular weight excluding hydrogens is 405 g/mol. The van der Waals surface area contributed by atoms with Gasteiger partial charge < -0.3 is 19.5 Å². The van der Waals surface area contributed by atoms with Crippen molar-refractivity contribution in [3.63, 3.8) is 0 Å². The first-order chi connectivity index (χ1) is 13.1. The largest absolute Gasteiger partial charge is 0.488 e. The molecule has 1 aliphatic rings. The molecule has 8 heteroatoms. The van der Waals surface area contributed by atoms with Crippen LogP contribution < -0.4 is 10.1 Å². The Bertz CT molecular complexity index is 812. The fourth-order valence-corrected chi connectivity index (χ4v) is 3.78. The third kappa shape index (κ3) is 4.28. The normalized spacial score (nSPS) is 14.9. The monoisotopic (exact) mass is 427 g/mol. The minimum atomic E-state index is -0.760. The number of ether oxygens (including phenoxy) is 3. The summed E-state index contributed by atoms with van der Waals surface area (Å²) in [6, 6.07) is 3.27. The molecule has 1 heterocycles. The number of esters is 2. The molecule has 0 saturated heterocycles. The van der Waals surface area contributed by atoms with E-state index in [1.807, 2.05) is 13.8 Å². The molecule has 6 nitrogen and oxygen atoms in total. The molecule has 2 rings (SSSR count). The highest BCUT2D eigenvalue weighted by atomic mass is 35.5. The van der Waals surface area contributed by atoms with Gasteiger partial charge in [0.25, 0.3) is 0 Å². The quantitative estimate of drug-likeness (QED) is 0.703. The van der Waals surface area contributed by atoms with Crippen LogP contribution >= 0.6 is 23.2 Å². The molecule has 0 bridgehead atoms. The Kier molecular flexibility index (Phi) is 7.01. The summed E-state index contributed by atoms with van der Waals surface area (Å²) in [4.78, 5) is 25.0. The molecule has 0 amide bonds. The summed E-state index contributed by atoms with van der Waals surface area (Å²) in [7, 11) is 2.56. The van der Waals surface area contributed by atoms with Crippen molar-refractivity contribution in [1.82, 2.24) is 5.32 Å². The van der Waals surface area contributed by atoms with E-state index >= 15 is 0 Å². The molecule has 28 heavy (non-hydrogen) atoms. The molecule has 0 aromatic heterocycles. The predicted molar refractivity (Wildman–Crippen MR) is 108 cm³/mol. The van der Waals surface area contributed by atoms with E-state index in [0.717, 1.165) is 0 Å². The van der Waals surface area contributed by atoms with E-state index < -0.39 is 17.9 Å². The second kappa shape index (κ2) is 8.88. The fourth-order valence-electron chi connectivity index (χ4n) is 3.18. The number of benzene rings is 1. The first-order valence-electron chi connectivity index (χ1n) is 8.63. The van der Waals surface area contributed by atoms with Gasteiger partial charge in [0.1, 0.15) is 0 Å². The standard InChI is InChI=1S/C20H23Cl2NO5/c1-9(2)28-18-13(21)7-12(8-14(18)22)17-15(19(24)26-5)10(3)23-11(4)16(17)20(25)27-6/h7-9,17,23H,1-6H3. The first kappa shape index (κ1) is 22.1. The van der Waals surface area contributed by atoms with Crippen LogP contribution in [0.4, 0.5) is 0 Å². The second-order valence-electron chi connectivity index (χ2n) is 6.60. The Hall–Kier alpha value is -2.18. The summed E-state index contributed by atoms with van der Waals surface area (Å²) in [5.74, 6) is -1.56. The lowest BCUT2D eigenvalue weighted by Crippen LogP contribution is -2.32. The van der Waals surface area contributed by atoms with Crippen LogP contribution in [0, 0.1) is 0 Å². The number of allylic oxidation sites excluding steroid dienone is 2. The summed E-state index contributed by atoms with van der Waals surface area (Å²) in [5.41, 5.74) is 2.23. The predicted octanol–water partition coefficient (Wildman–Crippen LogP) is 4.36. The number of hydrogen-bond acceptors (Lipinski definition) is 6. The summed E-state index contributed by atoms with van der Waals surface area (Å²) in [6.07, 6.45) is -0.125. The summed E-state index contributed by atoms with van der Waals surface area (Å²) >= 11 is 12.8. The molecule has 1 aliphatic heterocycles. The van der Waals surface area contributed by atoms with Crippen LogP contribution in [0.15, 0.2) is 34.7 Å². The molecule has 0 aliphatic carbocycles. The third-order valence-corrected chi connectivity index (χ3v) is 4.84. The van der Waals surface area contributed by atoms with Gasteiger partial charge >= 0.3 is 11.9 Å². The molecule has 0 spiro atoms. The number of hydrogen-bond donors (Lipinski definition) is 1. The average Bonchev–Trinajstić information content (AvgIpc) is 2.62. The van der Waals surface area contributed by atoms with Crippen molar-refractivity contribution < 1.29 is 23.8 Å². The van der Waals surface area contributed by atoms with Crippen LogP contribution in [-0.2, 0) is 19.1 Å². The maximum atomic E-state index is 12.5. The Morgan fingerprint density at radius 1 is 0.964 bits per heavy atom. The molecule has 0 fully saturated rings. The van der Waals surface area contributed by atoms with Gasteiger partial charge in [0.05, 0.1) is 47.4 Å². The number of carbonyl (C=O) groups is 2. The van der Waals surface area contributed by atoms with E-state index in [-0.39, 0.29) is 27.3 Å². The molecule has 0 atom stereocenters. The van der Waals surface area contributed by atoms with Gasteiger partial charge in [-0.2, -0.15) is 0 Å². The minimum Gasteiger partial charge on any atom is -0.488 e. The first-order valence-corrected chi connectivity index (χ1v) is 9.38. The molecule has 1 aromatic carbocycles. The highest BCUT2D eigenvalue weighted by Crippen LogP contribution is 2.43. The number of rotatable bonds is 5. The van der Waals surface area contributed by atoms with Crippen molar-refractivity contribution in [2.75, 3.05) is 14.2 Å². The van der Waals surface area contributed by atoms with Crippen LogP contribution in [0.1, 0.15) is 39.2 Å². The van der Waals surface area contributed by atoms with Gasteiger partial charge in [-0.25, -0.2) is 9.59 Å². The smallest absolute Gasteiger partial charge is 0.336 e. The maximum absolute atomic E-state index is 12.5. The van der Waals surface area contributed by atoms with Crippen molar-refractivity contribution in [3.8, 4) is 5.75 Å². The zero-order valence-corrected chi connectivity index (χ0v) is 18.1. The summed E-state index contributed by atoms with van der Waals surface area (Å²) < 4.78 is 15.6. The number of methoxy groups -OCH3 is 2. The zero-order chi connectivity index (χ0) is 21.2. The fraction of sp³-hybridized carbons (Fsp3) is 0.400. The third-order valence-electron chi connectivity index (χ3n) is 4.28. The van der Waals surface area contributed by atoms with Crippen molar-refractivity contribution in [2.24, 2.45) is 0 Å². The van der Waals surface area contributed by atoms with Crippen LogP contribution in [-0.4, -0.2) is 32.3 Å². The average molecular weight is 428 g/mol. The van der Waals surface area contributed by atoms with E-state index in [9.17, 15) is 9.59 Å². The van der Waals surface area contributed by atoms with Crippen molar-refractivity contribution in [2.45, 2.75) is 39.7 Å². The molecule has 152 valence electrons. The van der Waals surface area contributed by atoms with Crippen LogP contribution in [0.25, 0.3) is 0 Å². The van der Waals surface area contributed by atoms with Crippen molar-refractivity contribution in [1.29, 1.82) is 0 Å². The Balaban J connectivity index is 2.72. The van der Waals surface area contributed by atoms with Crippen molar-refractivity contribution >= 4 is 35.1 Å². The SMILES string of the molecule is COC(=O)C1=C(C)NC(C)=C(C(=O)OC)C1c1cc(Cl)c(OC(C)C)c(Cl)c1. The number of halogens is 2. The lowest BCUT2D eigenvalue weighted by molar-refractivity contribution is -0.137. The van der Waals surface area contributed by atoms with Crippen LogP contribution in [0.5, 0.6) is 5.75 Å². The van der Waals surface area contributed by atoms with Gasteiger partial charge in [-0.1, -0.05) is 23.2 Å². The number of carbonyl (C=O) groups excluding carboxylic acids is 2. The molecule has 0 radical (unpaired) electrons. The summed E-state index contributed by atoms with van der Waals surface area (Å²) in [5, 5.41) is 3.60. The Morgan fingerprint density at radius 3 is 1.75 bits per heavy atom. The highest BCUT2D eigenvalue weighted by molar-refractivity contribution is 6.37. The topological polar surface area (TPSA) is 73.9 Å². The lowest BCUT2D eigenvalue weighted by Gasteiger charge is -2.30. The Morgan fingerprint density at radius 2 is 1.39 bits per heavy atom. The van der Waals surface area contributed by atoms with Gasteiger partial charge in [-0.15, -0.1) is 0 Å². The molecule has 0 saturated carbocycles.